The molecule has 1 unspecified atom stereocenters. The van der Waals surface area contributed by atoms with E-state index in [9.17, 15) is 14.4 Å². The Morgan fingerprint density at radius 2 is 0.639 bits per heavy atom. The van der Waals surface area contributed by atoms with E-state index in [0.29, 0.717) is 19.3 Å². The Labute approximate surface area is 378 Å². The van der Waals surface area contributed by atoms with Crippen molar-refractivity contribution in [3.8, 4) is 0 Å². The van der Waals surface area contributed by atoms with E-state index >= 15 is 0 Å². The van der Waals surface area contributed by atoms with Crippen LogP contribution in [0.3, 0.4) is 0 Å². The SMILES string of the molecule is CCC/C=C\CCCCCCCC(=O)OCC(COC(=O)CCCCCCCCCCC/C=C\CCCCCCCC)OC(=O)CCCCCCC/C=C\C/C=C\CCCC. The van der Waals surface area contributed by atoms with Crippen molar-refractivity contribution in [2.45, 2.75) is 271 Å². The van der Waals surface area contributed by atoms with Gasteiger partial charge in [-0.15, -0.1) is 0 Å². The van der Waals surface area contributed by atoms with Gasteiger partial charge in [0.15, 0.2) is 6.10 Å². The van der Waals surface area contributed by atoms with Crippen LogP contribution in [0, 0.1) is 0 Å². The smallest absolute Gasteiger partial charge is 0.306 e. The first-order chi connectivity index (χ1) is 30.0. The summed E-state index contributed by atoms with van der Waals surface area (Å²) in [6.45, 7) is 6.52. The third kappa shape index (κ3) is 48.3. The van der Waals surface area contributed by atoms with Crippen molar-refractivity contribution in [3.05, 3.63) is 48.6 Å². The quantitative estimate of drug-likeness (QED) is 0.0263. The van der Waals surface area contributed by atoms with Crippen molar-refractivity contribution < 1.29 is 28.6 Å². The number of hydrogen-bond acceptors (Lipinski definition) is 6. The Morgan fingerprint density at radius 1 is 0.328 bits per heavy atom. The minimum atomic E-state index is -0.782. The number of rotatable bonds is 47. The molecule has 0 fully saturated rings. The summed E-state index contributed by atoms with van der Waals surface area (Å²) in [7, 11) is 0. The third-order valence-corrected chi connectivity index (χ3v) is 11.3. The second-order valence-corrected chi connectivity index (χ2v) is 17.4. The number of allylic oxidation sites excluding steroid dienone is 8. The van der Waals surface area contributed by atoms with Gasteiger partial charge in [0.25, 0.3) is 0 Å². The summed E-state index contributed by atoms with van der Waals surface area (Å²) in [5, 5.41) is 0. The van der Waals surface area contributed by atoms with Crippen LogP contribution in [0.2, 0.25) is 0 Å². The maximum absolute atomic E-state index is 12.8. The molecule has 0 aromatic heterocycles. The molecular weight excluding hydrogens is 757 g/mol. The molecule has 0 radical (unpaired) electrons. The highest BCUT2D eigenvalue weighted by molar-refractivity contribution is 5.71. The Balaban J connectivity index is 4.32. The van der Waals surface area contributed by atoms with Crippen molar-refractivity contribution in [1.29, 1.82) is 0 Å². The van der Waals surface area contributed by atoms with Gasteiger partial charge in [-0.3, -0.25) is 14.4 Å². The topological polar surface area (TPSA) is 78.9 Å². The standard InChI is InChI=1S/C55H98O6/c1-4-7-10-13-16-19-22-24-26-27-28-29-30-32-33-36-39-42-45-48-54(57)60-51-52(50-59-53(56)47-44-41-38-35-21-18-15-12-9-6-3)61-55(58)49-46-43-40-37-34-31-25-23-20-17-14-11-8-5-2/h12,14-15,17,23-26,52H,4-11,13,16,18-22,27-51H2,1-3H3/b15-12-,17-14-,25-23-,26-24-. The fraction of sp³-hybridized carbons (Fsp3) is 0.800. The van der Waals surface area contributed by atoms with Gasteiger partial charge in [0.05, 0.1) is 0 Å². The van der Waals surface area contributed by atoms with Gasteiger partial charge < -0.3 is 14.2 Å². The molecule has 0 aliphatic carbocycles. The van der Waals surface area contributed by atoms with E-state index < -0.39 is 6.10 Å². The Morgan fingerprint density at radius 3 is 1.03 bits per heavy atom. The van der Waals surface area contributed by atoms with E-state index in [1.165, 1.54) is 128 Å². The summed E-state index contributed by atoms with van der Waals surface area (Å²) in [6.07, 6.45) is 59.5. The fourth-order valence-corrected chi connectivity index (χ4v) is 7.28. The van der Waals surface area contributed by atoms with Gasteiger partial charge in [0, 0.05) is 19.3 Å². The first kappa shape index (κ1) is 58.4. The summed E-state index contributed by atoms with van der Waals surface area (Å²) in [4.78, 5) is 37.9. The largest absolute Gasteiger partial charge is 0.462 e. The lowest BCUT2D eigenvalue weighted by Crippen LogP contribution is -2.30. The lowest BCUT2D eigenvalue weighted by atomic mass is 10.1. The van der Waals surface area contributed by atoms with Gasteiger partial charge in [0.2, 0.25) is 0 Å². The molecule has 0 aliphatic heterocycles. The minimum absolute atomic E-state index is 0.0818. The van der Waals surface area contributed by atoms with Crippen molar-refractivity contribution in [2.24, 2.45) is 0 Å². The average Bonchev–Trinajstić information content (AvgIpc) is 3.26. The summed E-state index contributed by atoms with van der Waals surface area (Å²) in [5.74, 6) is -0.904. The molecule has 0 saturated carbocycles. The molecule has 0 saturated heterocycles. The molecule has 0 aromatic rings. The molecular formula is C55H98O6. The number of esters is 3. The van der Waals surface area contributed by atoms with Crippen molar-refractivity contribution >= 4 is 17.9 Å². The maximum atomic E-state index is 12.8. The molecule has 0 amide bonds. The lowest BCUT2D eigenvalue weighted by molar-refractivity contribution is -0.167. The predicted octanol–water partition coefficient (Wildman–Crippen LogP) is 17.1. The first-order valence-corrected chi connectivity index (χ1v) is 26.1. The van der Waals surface area contributed by atoms with Gasteiger partial charge in [-0.05, 0) is 89.9 Å². The second-order valence-electron chi connectivity index (χ2n) is 17.4. The van der Waals surface area contributed by atoms with Gasteiger partial charge >= 0.3 is 17.9 Å². The zero-order valence-electron chi connectivity index (χ0n) is 40.4. The zero-order chi connectivity index (χ0) is 44.4. The summed E-state index contributed by atoms with van der Waals surface area (Å²) in [6, 6.07) is 0. The molecule has 0 bridgehead atoms. The molecule has 0 heterocycles. The van der Waals surface area contributed by atoms with Crippen LogP contribution in [0.4, 0.5) is 0 Å². The second kappa shape index (κ2) is 50.0. The van der Waals surface area contributed by atoms with Crippen molar-refractivity contribution in [2.75, 3.05) is 13.2 Å². The van der Waals surface area contributed by atoms with Crippen LogP contribution in [-0.4, -0.2) is 37.2 Å². The van der Waals surface area contributed by atoms with Crippen LogP contribution in [0.25, 0.3) is 0 Å². The van der Waals surface area contributed by atoms with Crippen molar-refractivity contribution in [3.63, 3.8) is 0 Å². The molecule has 61 heavy (non-hydrogen) atoms. The van der Waals surface area contributed by atoms with Crippen LogP contribution in [0.1, 0.15) is 265 Å². The van der Waals surface area contributed by atoms with Gasteiger partial charge in [0.1, 0.15) is 13.2 Å². The Hall–Kier alpha value is -2.63. The van der Waals surface area contributed by atoms with E-state index in [-0.39, 0.29) is 31.1 Å². The van der Waals surface area contributed by atoms with Crippen LogP contribution in [0.5, 0.6) is 0 Å². The molecule has 0 aliphatic rings. The Kier molecular flexibility index (Phi) is 47.9. The molecule has 6 nitrogen and oxygen atoms in total. The van der Waals surface area contributed by atoms with E-state index in [0.717, 1.165) is 96.3 Å². The van der Waals surface area contributed by atoms with E-state index in [1.54, 1.807) is 0 Å². The van der Waals surface area contributed by atoms with E-state index in [2.05, 4.69) is 69.4 Å². The van der Waals surface area contributed by atoms with Gasteiger partial charge in [-0.25, -0.2) is 0 Å². The molecule has 1 atom stereocenters. The molecule has 6 heteroatoms. The highest BCUT2D eigenvalue weighted by atomic mass is 16.6. The summed E-state index contributed by atoms with van der Waals surface area (Å²) in [5.41, 5.74) is 0. The van der Waals surface area contributed by atoms with E-state index in [1.807, 2.05) is 0 Å². The highest BCUT2D eigenvalue weighted by Gasteiger charge is 2.19. The number of ether oxygens (including phenoxy) is 3. The van der Waals surface area contributed by atoms with Crippen molar-refractivity contribution in [1.82, 2.24) is 0 Å². The summed E-state index contributed by atoms with van der Waals surface area (Å²) >= 11 is 0. The zero-order valence-corrected chi connectivity index (χ0v) is 40.4. The monoisotopic (exact) mass is 855 g/mol. The van der Waals surface area contributed by atoms with Crippen LogP contribution < -0.4 is 0 Å². The molecule has 0 spiro atoms. The fourth-order valence-electron chi connectivity index (χ4n) is 7.28. The average molecular weight is 855 g/mol. The highest BCUT2D eigenvalue weighted by Crippen LogP contribution is 2.15. The van der Waals surface area contributed by atoms with E-state index in [4.69, 9.17) is 14.2 Å². The maximum Gasteiger partial charge on any atom is 0.306 e. The third-order valence-electron chi connectivity index (χ3n) is 11.3. The first-order valence-electron chi connectivity index (χ1n) is 26.1. The van der Waals surface area contributed by atoms with Crippen LogP contribution in [0.15, 0.2) is 48.6 Å². The summed E-state index contributed by atoms with van der Waals surface area (Å²) < 4.78 is 16.8. The Bertz CT molecular complexity index is 1070. The molecule has 0 aromatic carbocycles. The number of hydrogen-bond donors (Lipinski definition) is 0. The number of carbonyl (C=O) groups is 3. The minimum Gasteiger partial charge on any atom is -0.462 e. The molecule has 0 N–H and O–H groups in total. The predicted molar refractivity (Wildman–Crippen MR) is 261 cm³/mol. The number of unbranched alkanes of at least 4 members (excludes halogenated alkanes) is 28. The molecule has 354 valence electrons. The number of carbonyl (C=O) groups excluding carboxylic acids is 3. The molecule has 0 rings (SSSR count). The van der Waals surface area contributed by atoms with Gasteiger partial charge in [-0.1, -0.05) is 204 Å². The normalized spacial score (nSPS) is 12.4. The lowest BCUT2D eigenvalue weighted by Gasteiger charge is -2.18. The van der Waals surface area contributed by atoms with Crippen LogP contribution in [-0.2, 0) is 28.6 Å². The van der Waals surface area contributed by atoms with Crippen LogP contribution >= 0.6 is 0 Å². The van der Waals surface area contributed by atoms with Gasteiger partial charge in [-0.2, -0.15) is 0 Å².